The van der Waals surface area contributed by atoms with E-state index in [9.17, 15) is 13.6 Å². The highest BCUT2D eigenvalue weighted by atomic mass is 35.5. The van der Waals surface area contributed by atoms with Gasteiger partial charge in [0.05, 0.1) is 17.8 Å². The molecule has 1 aliphatic rings. The number of hydrogen-bond donors (Lipinski definition) is 1. The van der Waals surface area contributed by atoms with E-state index in [0.29, 0.717) is 11.7 Å². The normalized spacial score (nSPS) is 15.7. The lowest BCUT2D eigenvalue weighted by Gasteiger charge is -2.12. The van der Waals surface area contributed by atoms with Crippen molar-refractivity contribution in [1.82, 2.24) is 19.7 Å². The van der Waals surface area contributed by atoms with Crippen LogP contribution in [0.4, 0.5) is 14.5 Å². The van der Waals surface area contributed by atoms with Crippen molar-refractivity contribution in [2.45, 2.75) is 6.42 Å². The molecule has 26 heavy (non-hydrogen) atoms. The van der Waals surface area contributed by atoms with E-state index in [1.807, 2.05) is 6.79 Å². The first-order valence-corrected chi connectivity index (χ1v) is 7.99. The fourth-order valence-corrected chi connectivity index (χ4v) is 2.32. The molecule has 1 aliphatic heterocycles. The van der Waals surface area contributed by atoms with Crippen LogP contribution in [0.15, 0.2) is 24.4 Å². The van der Waals surface area contributed by atoms with Gasteiger partial charge in [0.25, 0.3) is 0 Å². The lowest BCUT2D eigenvalue weighted by Crippen LogP contribution is -2.26. The van der Waals surface area contributed by atoms with Gasteiger partial charge in [0.1, 0.15) is 11.9 Å². The molecule has 1 atom stereocenters. The first-order chi connectivity index (χ1) is 12.4. The highest BCUT2D eigenvalue weighted by molar-refractivity contribution is 6.29. The molecule has 0 radical (unpaired) electrons. The zero-order chi connectivity index (χ0) is 19.7. The van der Waals surface area contributed by atoms with E-state index in [1.54, 1.807) is 35.9 Å². The maximum atomic E-state index is 13.2. The number of pyridine rings is 1. The standard InChI is InChI=1S/C11H13F2N3O.C4H5ClN2.CH2O/c1-16-5-4-7(11(16)17)6-14-8-2-3-9(12)15-10(8)13;1-7-4(5)2-3-6-7;1-2/h2-3,7,14H,4-6H2,1H3;2-3H,1H3;1H2/t7-;;/m0../s1. The van der Waals surface area contributed by atoms with Crippen molar-refractivity contribution in [1.29, 1.82) is 0 Å². The molecule has 0 saturated carbocycles. The van der Waals surface area contributed by atoms with Crippen molar-refractivity contribution >= 4 is 30.0 Å². The van der Waals surface area contributed by atoms with Crippen LogP contribution in [0.1, 0.15) is 6.42 Å². The molecule has 3 rings (SSSR count). The van der Waals surface area contributed by atoms with Crippen LogP contribution in [0.25, 0.3) is 0 Å². The number of hydrogen-bond acceptors (Lipinski definition) is 5. The molecule has 7 nitrogen and oxygen atoms in total. The van der Waals surface area contributed by atoms with Gasteiger partial charge in [-0.25, -0.2) is 0 Å². The third-order valence-corrected chi connectivity index (χ3v) is 4.02. The number of aryl methyl sites for hydroxylation is 1. The minimum Gasteiger partial charge on any atom is -0.381 e. The van der Waals surface area contributed by atoms with Crippen molar-refractivity contribution in [3.63, 3.8) is 0 Å². The summed E-state index contributed by atoms with van der Waals surface area (Å²) in [7, 11) is 3.53. The van der Waals surface area contributed by atoms with Gasteiger partial charge in [-0.15, -0.1) is 0 Å². The van der Waals surface area contributed by atoms with E-state index in [0.717, 1.165) is 19.0 Å². The van der Waals surface area contributed by atoms with Gasteiger partial charge in [-0.05, 0) is 24.6 Å². The Morgan fingerprint density at radius 3 is 2.42 bits per heavy atom. The Kier molecular flexibility index (Phi) is 8.63. The molecule has 2 aromatic rings. The predicted molar refractivity (Wildman–Crippen MR) is 93.7 cm³/mol. The third-order valence-electron chi connectivity index (χ3n) is 3.65. The monoisotopic (exact) mass is 387 g/mol. The summed E-state index contributed by atoms with van der Waals surface area (Å²) in [5.74, 6) is -1.84. The molecule has 0 spiro atoms. The van der Waals surface area contributed by atoms with Crippen molar-refractivity contribution in [3.8, 4) is 0 Å². The molecule has 2 aromatic heterocycles. The van der Waals surface area contributed by atoms with E-state index < -0.39 is 11.9 Å². The second-order valence-corrected chi connectivity index (χ2v) is 5.76. The summed E-state index contributed by atoms with van der Waals surface area (Å²) in [4.78, 5) is 24.3. The van der Waals surface area contributed by atoms with Crippen LogP contribution in [-0.4, -0.2) is 52.5 Å². The number of carbonyl (C=O) groups is 2. The van der Waals surface area contributed by atoms with Gasteiger partial charge in [-0.2, -0.15) is 18.9 Å². The fraction of sp³-hybridized carbons (Fsp3) is 0.375. The Balaban J connectivity index is 0.000000313. The summed E-state index contributed by atoms with van der Waals surface area (Å²) in [5.41, 5.74) is 0.119. The van der Waals surface area contributed by atoms with E-state index in [2.05, 4.69) is 15.4 Å². The Hall–Kier alpha value is -2.55. The Labute approximate surface area is 155 Å². The average molecular weight is 388 g/mol. The molecule has 3 heterocycles. The number of halogens is 3. The Bertz CT molecular complexity index is 712. The summed E-state index contributed by atoms with van der Waals surface area (Å²) in [6, 6.07) is 4.09. The van der Waals surface area contributed by atoms with Crippen molar-refractivity contribution in [3.05, 3.63) is 41.4 Å². The number of amides is 1. The minimum atomic E-state index is -0.885. The molecule has 1 fully saturated rings. The minimum absolute atomic E-state index is 0.0491. The van der Waals surface area contributed by atoms with Crippen molar-refractivity contribution < 1.29 is 18.4 Å². The summed E-state index contributed by atoms with van der Waals surface area (Å²) in [6.45, 7) is 3.06. The van der Waals surface area contributed by atoms with Gasteiger partial charge in [0, 0.05) is 27.2 Å². The number of anilines is 1. The summed E-state index contributed by atoms with van der Waals surface area (Å²) in [6.07, 6.45) is 2.40. The van der Waals surface area contributed by atoms with Crippen LogP contribution in [0.5, 0.6) is 0 Å². The molecule has 1 amide bonds. The Morgan fingerprint density at radius 1 is 1.31 bits per heavy atom. The van der Waals surface area contributed by atoms with Crippen LogP contribution >= 0.6 is 11.6 Å². The smallest absolute Gasteiger partial charge is 0.238 e. The second-order valence-electron chi connectivity index (χ2n) is 5.38. The molecule has 1 N–H and O–H groups in total. The average Bonchev–Trinajstić information content (AvgIpc) is 3.15. The van der Waals surface area contributed by atoms with E-state index >= 15 is 0 Å². The van der Waals surface area contributed by atoms with Crippen molar-refractivity contribution in [2.75, 3.05) is 25.5 Å². The SMILES string of the molecule is C=O.CN1CC[C@@H](CNc2ccc(F)nc2F)C1=O.Cn1nccc1Cl. The zero-order valence-electron chi connectivity index (χ0n) is 14.5. The third kappa shape index (κ3) is 6.07. The number of likely N-dealkylation sites (tertiary alicyclic amines) is 1. The molecule has 142 valence electrons. The maximum Gasteiger partial charge on any atom is 0.238 e. The quantitative estimate of drug-likeness (QED) is 0.816. The highest BCUT2D eigenvalue weighted by Gasteiger charge is 2.28. The van der Waals surface area contributed by atoms with Crippen LogP contribution in [-0.2, 0) is 16.6 Å². The molecule has 0 unspecified atom stereocenters. The lowest BCUT2D eigenvalue weighted by molar-refractivity contribution is -0.129. The van der Waals surface area contributed by atoms with Gasteiger partial charge in [0.15, 0.2) is 0 Å². The molecular weight excluding hydrogens is 368 g/mol. The summed E-state index contributed by atoms with van der Waals surface area (Å²) >= 11 is 5.52. The number of rotatable bonds is 3. The second kappa shape index (κ2) is 10.4. The summed E-state index contributed by atoms with van der Waals surface area (Å²) < 4.78 is 27.4. The van der Waals surface area contributed by atoms with Crippen molar-refractivity contribution in [2.24, 2.45) is 13.0 Å². The number of aromatic nitrogens is 3. The van der Waals surface area contributed by atoms with Gasteiger partial charge >= 0.3 is 0 Å². The zero-order valence-corrected chi connectivity index (χ0v) is 15.2. The van der Waals surface area contributed by atoms with E-state index in [4.69, 9.17) is 16.4 Å². The predicted octanol–water partition coefficient (Wildman–Crippen LogP) is 2.14. The summed E-state index contributed by atoms with van der Waals surface area (Å²) in [5, 5.41) is 7.25. The molecule has 0 bridgehead atoms. The Morgan fingerprint density at radius 2 is 2.00 bits per heavy atom. The van der Waals surface area contributed by atoms with Gasteiger partial charge < -0.3 is 15.0 Å². The number of nitrogens with one attached hydrogen (secondary N) is 1. The topological polar surface area (TPSA) is 80.1 Å². The largest absolute Gasteiger partial charge is 0.381 e. The van der Waals surface area contributed by atoms with Crippen LogP contribution in [0.3, 0.4) is 0 Å². The molecular formula is C16H20ClF2N5O2. The molecule has 0 aliphatic carbocycles. The molecule has 10 heteroatoms. The first kappa shape index (κ1) is 21.5. The maximum absolute atomic E-state index is 13.2. The molecule has 0 aromatic carbocycles. The van der Waals surface area contributed by atoms with Gasteiger partial charge in [-0.1, -0.05) is 11.6 Å². The molecule has 1 saturated heterocycles. The first-order valence-electron chi connectivity index (χ1n) is 7.61. The highest BCUT2D eigenvalue weighted by Crippen LogP contribution is 2.18. The number of nitrogens with zero attached hydrogens (tertiary/aromatic N) is 4. The lowest BCUT2D eigenvalue weighted by atomic mass is 10.1. The number of carbonyl (C=O) groups excluding carboxylic acids is 2. The van der Waals surface area contributed by atoms with Crippen LogP contribution < -0.4 is 5.32 Å². The van der Waals surface area contributed by atoms with Crippen LogP contribution in [0.2, 0.25) is 5.15 Å². The van der Waals surface area contributed by atoms with Gasteiger partial charge in [0.2, 0.25) is 17.8 Å². The van der Waals surface area contributed by atoms with E-state index in [-0.39, 0.29) is 17.5 Å². The van der Waals surface area contributed by atoms with E-state index in [1.165, 1.54) is 6.07 Å². The fourth-order valence-electron chi connectivity index (χ4n) is 2.22. The van der Waals surface area contributed by atoms with Gasteiger partial charge in [-0.3, -0.25) is 9.48 Å². The van der Waals surface area contributed by atoms with Crippen LogP contribution in [0, 0.1) is 17.8 Å².